The average Bonchev–Trinajstić information content (AvgIpc) is 2.75. The molecular formula is C18H7F4K2N7O4. The molecule has 0 spiro atoms. The Kier molecular flexibility index (Phi) is 18.8. The summed E-state index contributed by atoms with van der Waals surface area (Å²) in [5.74, 6) is 2.90. The standard InChI is InChI=1S/C10H2F3N4O4.C8H4N3.FH.2K/c11-10(12,13)7-1-6(16(18)19)2-8(17(20)21)9(7)5(3-14)4-15;9-5-8(6-10)7-1-3-11-4-2-7;;;/h1-2H;1-4H;1H;;/q2*-1;;2*+1. The van der Waals surface area contributed by atoms with E-state index in [0.29, 0.717) is 5.56 Å². The number of halogens is 4. The predicted molar refractivity (Wildman–Crippen MR) is 106 cm³/mol. The number of nitriles is 2. The summed E-state index contributed by atoms with van der Waals surface area (Å²) in [6.07, 6.45) is -2.13. The number of alkyl halides is 3. The van der Waals surface area contributed by atoms with E-state index in [0.717, 1.165) is 11.9 Å². The molecule has 1 heterocycles. The third-order valence-electron chi connectivity index (χ3n) is 3.48. The number of allylic oxidation sites excluding steroid dienone is 2. The van der Waals surface area contributed by atoms with E-state index < -0.39 is 44.1 Å². The van der Waals surface area contributed by atoms with Crippen LogP contribution >= 0.6 is 0 Å². The molecule has 17 heteroatoms. The molecule has 0 saturated heterocycles. The fourth-order valence-corrected chi connectivity index (χ4v) is 2.16. The second-order valence-electron chi connectivity index (χ2n) is 5.33. The zero-order valence-electron chi connectivity index (χ0n) is 17.8. The molecule has 0 radical (unpaired) electrons. The van der Waals surface area contributed by atoms with Crippen molar-refractivity contribution in [3.63, 3.8) is 0 Å². The maximum absolute atomic E-state index is 12.9. The van der Waals surface area contributed by atoms with Crippen LogP contribution in [0.15, 0.2) is 36.7 Å². The summed E-state index contributed by atoms with van der Waals surface area (Å²) in [6, 6.07) is 6.46. The Morgan fingerprint density at radius 1 is 0.943 bits per heavy atom. The minimum atomic E-state index is -5.22. The van der Waals surface area contributed by atoms with Crippen LogP contribution in [0.3, 0.4) is 0 Å². The molecule has 0 N–H and O–H groups in total. The van der Waals surface area contributed by atoms with Crippen LogP contribution in [-0.2, 0) is 6.18 Å². The van der Waals surface area contributed by atoms with E-state index >= 15 is 0 Å². The van der Waals surface area contributed by atoms with Crippen LogP contribution in [0, 0.1) is 42.9 Å². The van der Waals surface area contributed by atoms with Crippen LogP contribution in [-0.4, -0.2) is 26.6 Å². The van der Waals surface area contributed by atoms with Gasteiger partial charge in [0.2, 0.25) is 0 Å². The van der Waals surface area contributed by atoms with Crippen LogP contribution in [0.1, 0.15) is 16.7 Å². The van der Waals surface area contributed by atoms with E-state index in [9.17, 15) is 33.4 Å². The molecule has 168 valence electrons. The molecular weight excluding hydrogens is 532 g/mol. The maximum atomic E-state index is 12.9. The Labute approximate surface area is 278 Å². The van der Waals surface area contributed by atoms with Gasteiger partial charge in [0.15, 0.2) is 0 Å². The first kappa shape index (κ1) is 37.6. The fraction of sp³-hybridized carbons (Fsp3) is 0.0556. The molecule has 0 saturated carbocycles. The molecule has 0 aliphatic carbocycles. The number of hydrogen-bond acceptors (Lipinski definition) is 7. The van der Waals surface area contributed by atoms with Crippen molar-refractivity contribution in [1.82, 2.24) is 4.98 Å². The SMILES string of the molecule is F.N#CC(=C=[N-])c1c([N+](=O)[O-])cc([N+](=O)[O-])cc1C(F)(F)F.N#CC(=C=[N-])c1ccncc1.[K+].[K+]. The number of aromatic nitrogens is 1. The monoisotopic (exact) mass is 539 g/mol. The molecule has 1 aromatic carbocycles. The Morgan fingerprint density at radius 3 is 1.77 bits per heavy atom. The van der Waals surface area contributed by atoms with Crippen LogP contribution in [0.4, 0.5) is 29.3 Å². The summed E-state index contributed by atoms with van der Waals surface area (Å²) < 4.78 is 38.7. The number of non-ortho nitro benzene ring substituents is 1. The molecule has 0 aliphatic heterocycles. The molecule has 0 bridgehead atoms. The van der Waals surface area contributed by atoms with Gasteiger partial charge in [0.25, 0.3) is 11.4 Å². The Hall–Kier alpha value is -1.96. The normalized spacial score (nSPS) is 8.71. The van der Waals surface area contributed by atoms with Crippen molar-refractivity contribution in [2.24, 2.45) is 0 Å². The van der Waals surface area contributed by atoms with Gasteiger partial charge in [-0.25, -0.2) is 11.7 Å². The molecule has 1 aromatic heterocycles. The minimum absolute atomic E-state index is 0. The molecule has 2 rings (SSSR count). The topological polar surface area (TPSA) is 191 Å². The van der Waals surface area contributed by atoms with Crippen LogP contribution < -0.4 is 103 Å². The van der Waals surface area contributed by atoms with Crippen molar-refractivity contribution in [2.45, 2.75) is 6.18 Å². The summed E-state index contributed by atoms with van der Waals surface area (Å²) in [4.78, 5) is 22.5. The number of nitro groups is 2. The number of hydrogen-bond donors (Lipinski definition) is 0. The van der Waals surface area contributed by atoms with Crippen molar-refractivity contribution in [3.05, 3.63) is 84.4 Å². The molecule has 0 fully saturated rings. The van der Waals surface area contributed by atoms with E-state index in [4.69, 9.17) is 21.3 Å². The van der Waals surface area contributed by atoms with E-state index in [1.54, 1.807) is 36.5 Å². The smallest absolute Gasteiger partial charge is 0.762 e. The largest absolute Gasteiger partial charge is 1.00 e. The fourth-order valence-electron chi connectivity index (χ4n) is 2.16. The second-order valence-corrected chi connectivity index (χ2v) is 5.33. The van der Waals surface area contributed by atoms with Gasteiger partial charge in [0, 0.05) is 24.0 Å². The quantitative estimate of drug-likeness (QED) is 0.108. The summed E-state index contributed by atoms with van der Waals surface area (Å²) >= 11 is 0. The molecule has 0 amide bonds. The van der Waals surface area contributed by atoms with E-state index in [1.807, 2.05) is 0 Å². The van der Waals surface area contributed by atoms with Gasteiger partial charge >= 0.3 is 109 Å². The van der Waals surface area contributed by atoms with Crippen LogP contribution in [0.5, 0.6) is 0 Å². The zero-order chi connectivity index (χ0) is 24.5. The number of rotatable bonds is 4. The number of nitro benzene ring substituents is 2. The molecule has 0 atom stereocenters. The van der Waals surface area contributed by atoms with Crippen molar-refractivity contribution in [3.8, 4) is 12.1 Å². The van der Waals surface area contributed by atoms with E-state index in [1.165, 1.54) is 0 Å². The summed E-state index contributed by atoms with van der Waals surface area (Å²) in [7, 11) is 0. The van der Waals surface area contributed by atoms with E-state index in [-0.39, 0.29) is 125 Å². The van der Waals surface area contributed by atoms with Crippen LogP contribution in [0.25, 0.3) is 22.0 Å². The second kappa shape index (κ2) is 17.5. The van der Waals surface area contributed by atoms with Gasteiger partial charge in [-0.15, -0.1) is 0 Å². The minimum Gasteiger partial charge on any atom is -0.762 e. The van der Waals surface area contributed by atoms with Gasteiger partial charge in [-0.05, 0) is 12.1 Å². The van der Waals surface area contributed by atoms with Gasteiger partial charge in [-0.2, -0.15) is 23.7 Å². The number of nitrogens with zero attached hydrogens (tertiary/aromatic N) is 7. The molecule has 0 unspecified atom stereocenters. The first-order valence-electron chi connectivity index (χ1n) is 7.80. The van der Waals surface area contributed by atoms with Gasteiger partial charge in [-0.3, -0.25) is 29.9 Å². The third-order valence-corrected chi connectivity index (χ3v) is 3.48. The zero-order valence-corrected chi connectivity index (χ0v) is 24.0. The summed E-state index contributed by atoms with van der Waals surface area (Å²) in [6.45, 7) is 0. The molecule has 2 aromatic rings. The van der Waals surface area contributed by atoms with Gasteiger partial charge in [0.1, 0.15) is 12.1 Å². The van der Waals surface area contributed by atoms with Gasteiger partial charge in [0.05, 0.1) is 38.2 Å². The summed E-state index contributed by atoms with van der Waals surface area (Å²) in [5.41, 5.74) is -6.02. The maximum Gasteiger partial charge on any atom is 1.00 e. The molecule has 0 aliphatic rings. The van der Waals surface area contributed by atoms with Gasteiger partial charge in [-0.1, -0.05) is 0 Å². The van der Waals surface area contributed by atoms with Gasteiger partial charge < -0.3 is 10.8 Å². The Bertz CT molecular complexity index is 1260. The third kappa shape index (κ3) is 10.7. The van der Waals surface area contributed by atoms with Crippen molar-refractivity contribution >= 4 is 34.3 Å². The van der Waals surface area contributed by atoms with Crippen molar-refractivity contribution < 1.29 is 130 Å². The van der Waals surface area contributed by atoms with Crippen LogP contribution in [0.2, 0.25) is 0 Å². The molecule has 11 nitrogen and oxygen atoms in total. The Balaban J connectivity index is -0.000000627. The number of pyridine rings is 1. The first-order valence-corrected chi connectivity index (χ1v) is 7.80. The van der Waals surface area contributed by atoms with Crippen molar-refractivity contribution in [1.29, 1.82) is 10.5 Å². The summed E-state index contributed by atoms with van der Waals surface area (Å²) in [5, 5.41) is 55.5. The molecule has 35 heavy (non-hydrogen) atoms. The number of benzene rings is 1. The Morgan fingerprint density at radius 2 is 1.43 bits per heavy atom. The van der Waals surface area contributed by atoms with Crippen molar-refractivity contribution in [2.75, 3.05) is 0 Å². The predicted octanol–water partition coefficient (Wildman–Crippen LogP) is -1.94. The van der Waals surface area contributed by atoms with E-state index in [2.05, 4.69) is 4.98 Å². The average molecular weight is 539 g/mol. The first-order chi connectivity index (χ1) is 15.0.